The van der Waals surface area contributed by atoms with E-state index in [4.69, 9.17) is 5.73 Å². The minimum atomic E-state index is -0.276. The van der Waals surface area contributed by atoms with Crippen LogP contribution in [-0.4, -0.2) is 20.1 Å². The van der Waals surface area contributed by atoms with Gasteiger partial charge in [0.25, 0.3) is 0 Å². The van der Waals surface area contributed by atoms with Crippen molar-refractivity contribution in [3.8, 4) is 0 Å². The van der Waals surface area contributed by atoms with Gasteiger partial charge in [0.1, 0.15) is 5.82 Å². The lowest BCUT2D eigenvalue weighted by atomic mass is 10.1. The lowest BCUT2D eigenvalue weighted by Gasteiger charge is -2.37. The number of nitrogens with zero attached hydrogens (tertiary/aromatic N) is 2. The van der Waals surface area contributed by atoms with E-state index in [1.54, 1.807) is 6.07 Å². The maximum Gasteiger partial charge on any atom is 0.125 e. The summed E-state index contributed by atoms with van der Waals surface area (Å²) in [6, 6.07) is 13.0. The van der Waals surface area contributed by atoms with Crippen LogP contribution in [0.2, 0.25) is 0 Å². The van der Waals surface area contributed by atoms with Gasteiger partial charge < -0.3 is 15.5 Å². The second-order valence-corrected chi connectivity index (χ2v) is 5.22. The Morgan fingerprint density at radius 2 is 1.85 bits per heavy atom. The molecule has 3 nitrogen and oxygen atoms in total. The number of fused-ring (bicyclic) bond motifs is 1. The molecule has 0 unspecified atom stereocenters. The van der Waals surface area contributed by atoms with E-state index in [1.807, 2.05) is 18.2 Å². The Balaban J connectivity index is 1.90. The van der Waals surface area contributed by atoms with Crippen molar-refractivity contribution in [1.29, 1.82) is 0 Å². The van der Waals surface area contributed by atoms with Gasteiger partial charge in [-0.1, -0.05) is 12.1 Å². The summed E-state index contributed by atoms with van der Waals surface area (Å²) in [5.74, 6) is -0.276. The van der Waals surface area contributed by atoms with Gasteiger partial charge in [-0.3, -0.25) is 0 Å². The molecule has 1 heterocycles. The van der Waals surface area contributed by atoms with Crippen LogP contribution in [0.15, 0.2) is 42.5 Å². The smallest absolute Gasteiger partial charge is 0.125 e. The Labute approximate surface area is 118 Å². The van der Waals surface area contributed by atoms with E-state index in [-0.39, 0.29) is 5.82 Å². The first-order valence-electron chi connectivity index (χ1n) is 6.73. The summed E-state index contributed by atoms with van der Waals surface area (Å²) < 4.78 is 13.4. The Hall–Kier alpha value is -2.23. The summed E-state index contributed by atoms with van der Waals surface area (Å²) in [6.45, 7) is 2.55. The minimum Gasteiger partial charge on any atom is -0.399 e. The van der Waals surface area contributed by atoms with Crippen molar-refractivity contribution in [3.63, 3.8) is 0 Å². The molecule has 1 aliphatic rings. The molecule has 0 fully saturated rings. The molecule has 104 valence electrons. The third-order valence-corrected chi connectivity index (χ3v) is 3.69. The number of halogens is 1. The Morgan fingerprint density at radius 1 is 1.10 bits per heavy atom. The number of hydrogen-bond acceptors (Lipinski definition) is 3. The second kappa shape index (κ2) is 5.04. The molecule has 0 spiro atoms. The van der Waals surface area contributed by atoms with Gasteiger partial charge in [0, 0.05) is 32.4 Å². The van der Waals surface area contributed by atoms with Crippen LogP contribution in [0.4, 0.5) is 21.5 Å². The van der Waals surface area contributed by atoms with E-state index in [2.05, 4.69) is 29.0 Å². The number of likely N-dealkylation sites (N-methyl/N-ethyl adjacent to an activating group) is 1. The fourth-order valence-corrected chi connectivity index (χ4v) is 2.72. The van der Waals surface area contributed by atoms with Crippen LogP contribution in [0, 0.1) is 5.82 Å². The molecule has 0 saturated heterocycles. The number of anilines is 3. The summed E-state index contributed by atoms with van der Waals surface area (Å²) in [6.07, 6.45) is 0. The first kappa shape index (κ1) is 12.8. The number of hydrogen-bond donors (Lipinski definition) is 1. The highest BCUT2D eigenvalue weighted by Gasteiger charge is 2.19. The van der Waals surface area contributed by atoms with Crippen LogP contribution in [0.1, 0.15) is 5.56 Å². The zero-order chi connectivity index (χ0) is 14.1. The summed E-state index contributed by atoms with van der Waals surface area (Å²) in [5.41, 5.74) is 9.49. The Bertz CT molecular complexity index is 607. The van der Waals surface area contributed by atoms with Crippen molar-refractivity contribution >= 4 is 17.1 Å². The number of nitrogens with two attached hydrogens (primary N) is 1. The Morgan fingerprint density at radius 3 is 2.60 bits per heavy atom. The number of para-hydroxylation sites is 2. The van der Waals surface area contributed by atoms with E-state index >= 15 is 0 Å². The summed E-state index contributed by atoms with van der Waals surface area (Å²) >= 11 is 0. The summed E-state index contributed by atoms with van der Waals surface area (Å²) in [5, 5.41) is 0. The molecule has 2 N–H and O–H groups in total. The first-order chi connectivity index (χ1) is 9.63. The first-order valence-corrected chi connectivity index (χ1v) is 6.73. The molecule has 2 aromatic rings. The largest absolute Gasteiger partial charge is 0.399 e. The highest BCUT2D eigenvalue weighted by Crippen LogP contribution is 2.32. The third-order valence-electron chi connectivity index (χ3n) is 3.69. The van der Waals surface area contributed by atoms with Gasteiger partial charge in [-0.15, -0.1) is 0 Å². The molecule has 3 rings (SSSR count). The highest BCUT2D eigenvalue weighted by molar-refractivity contribution is 5.73. The van der Waals surface area contributed by atoms with Crippen LogP contribution < -0.4 is 15.5 Å². The number of benzene rings is 2. The van der Waals surface area contributed by atoms with Crippen molar-refractivity contribution in [2.75, 3.05) is 35.7 Å². The van der Waals surface area contributed by atoms with Crippen LogP contribution in [0.25, 0.3) is 0 Å². The number of nitrogen functional groups attached to an aromatic ring is 1. The molecule has 0 aliphatic carbocycles. The van der Waals surface area contributed by atoms with E-state index in [1.165, 1.54) is 17.4 Å². The molecule has 20 heavy (non-hydrogen) atoms. The lowest BCUT2D eigenvalue weighted by Crippen LogP contribution is -2.38. The van der Waals surface area contributed by atoms with Crippen molar-refractivity contribution < 1.29 is 4.39 Å². The predicted molar refractivity (Wildman–Crippen MR) is 81.6 cm³/mol. The molecule has 0 aromatic heterocycles. The van der Waals surface area contributed by atoms with Gasteiger partial charge in [-0.25, -0.2) is 4.39 Å². The highest BCUT2D eigenvalue weighted by atomic mass is 19.1. The lowest BCUT2D eigenvalue weighted by molar-refractivity contribution is 0.624. The topological polar surface area (TPSA) is 32.5 Å². The van der Waals surface area contributed by atoms with Crippen molar-refractivity contribution in [2.45, 2.75) is 6.54 Å². The average Bonchev–Trinajstić information content (AvgIpc) is 2.41. The van der Waals surface area contributed by atoms with Gasteiger partial charge in [0.15, 0.2) is 0 Å². The van der Waals surface area contributed by atoms with E-state index in [9.17, 15) is 4.39 Å². The van der Waals surface area contributed by atoms with E-state index < -0.39 is 0 Å². The molecule has 2 aromatic carbocycles. The number of rotatable bonds is 2. The summed E-state index contributed by atoms with van der Waals surface area (Å²) in [4.78, 5) is 4.51. The van der Waals surface area contributed by atoms with Crippen LogP contribution in [0.5, 0.6) is 0 Å². The minimum absolute atomic E-state index is 0.276. The van der Waals surface area contributed by atoms with Crippen molar-refractivity contribution in [1.82, 2.24) is 0 Å². The van der Waals surface area contributed by atoms with Gasteiger partial charge >= 0.3 is 0 Å². The molecule has 0 radical (unpaired) electrons. The third kappa shape index (κ3) is 2.41. The van der Waals surface area contributed by atoms with E-state index in [0.717, 1.165) is 18.7 Å². The predicted octanol–water partition coefficient (Wildman–Crippen LogP) is 2.86. The second-order valence-electron chi connectivity index (χ2n) is 5.22. The van der Waals surface area contributed by atoms with Crippen molar-refractivity contribution in [3.05, 3.63) is 53.8 Å². The molecule has 0 amide bonds. The average molecular weight is 271 g/mol. The molecule has 0 saturated carbocycles. The van der Waals surface area contributed by atoms with Crippen LogP contribution in [-0.2, 0) is 6.54 Å². The van der Waals surface area contributed by atoms with Gasteiger partial charge in [0.2, 0.25) is 0 Å². The normalized spacial score (nSPS) is 14.3. The fourth-order valence-electron chi connectivity index (χ4n) is 2.72. The van der Waals surface area contributed by atoms with Gasteiger partial charge in [-0.05, 0) is 35.9 Å². The fraction of sp³-hybridized carbons (Fsp3) is 0.250. The Kier molecular flexibility index (Phi) is 3.22. The summed E-state index contributed by atoms with van der Waals surface area (Å²) in [7, 11) is 2.09. The zero-order valence-electron chi connectivity index (χ0n) is 11.5. The monoisotopic (exact) mass is 271 g/mol. The SMILES string of the molecule is CN1CCN(Cc2cc(N)cc(F)c2)c2ccccc21. The molecule has 4 heteroatoms. The quantitative estimate of drug-likeness (QED) is 0.852. The molecular weight excluding hydrogens is 253 g/mol. The maximum atomic E-state index is 13.4. The molecule has 1 aliphatic heterocycles. The molecular formula is C16H18FN3. The molecule has 0 atom stereocenters. The van der Waals surface area contributed by atoms with Crippen LogP contribution >= 0.6 is 0 Å². The standard InChI is InChI=1S/C16H18FN3/c1-19-6-7-20(16-5-3-2-4-15(16)19)11-12-8-13(17)10-14(18)9-12/h2-5,8-10H,6-7,11,18H2,1H3. The van der Waals surface area contributed by atoms with Crippen LogP contribution in [0.3, 0.4) is 0 Å². The zero-order valence-corrected chi connectivity index (χ0v) is 11.5. The van der Waals surface area contributed by atoms with Crippen molar-refractivity contribution in [2.24, 2.45) is 0 Å². The van der Waals surface area contributed by atoms with E-state index in [0.29, 0.717) is 12.2 Å². The van der Waals surface area contributed by atoms with Gasteiger partial charge in [0.05, 0.1) is 11.4 Å². The van der Waals surface area contributed by atoms with Gasteiger partial charge in [-0.2, -0.15) is 0 Å². The maximum absolute atomic E-state index is 13.4. The molecule has 0 bridgehead atoms.